The Bertz CT molecular complexity index is 864. The van der Waals surface area contributed by atoms with Crippen LogP contribution in [0.2, 0.25) is 0 Å². The van der Waals surface area contributed by atoms with Crippen molar-refractivity contribution in [3.8, 4) is 17.0 Å². The fourth-order valence-electron chi connectivity index (χ4n) is 2.87. The molecule has 4 heteroatoms. The number of rotatable bonds is 5. The summed E-state index contributed by atoms with van der Waals surface area (Å²) < 4.78 is 5.55. The zero-order chi connectivity index (χ0) is 16.4. The van der Waals surface area contributed by atoms with Gasteiger partial charge in [0.25, 0.3) is 0 Å². The molecule has 0 fully saturated rings. The average Bonchev–Trinajstić information content (AvgIpc) is 2.85. The Labute approximate surface area is 134 Å². The quantitative estimate of drug-likeness (QED) is 0.743. The standard InChI is InChI=1S/C19H19NO3/c1-3-23-14-7-8-17-15(10-14)16(11-18(21)22)19(20-17)13-6-4-5-12(2)9-13/h4-10,20H,3,11H2,1-2H3,(H,21,22). The lowest BCUT2D eigenvalue weighted by Crippen LogP contribution is -2.01. The van der Waals surface area contributed by atoms with Crippen LogP contribution >= 0.6 is 0 Å². The number of ether oxygens (including phenoxy) is 1. The van der Waals surface area contributed by atoms with E-state index >= 15 is 0 Å². The van der Waals surface area contributed by atoms with Gasteiger partial charge in [-0.25, -0.2) is 0 Å². The van der Waals surface area contributed by atoms with Gasteiger partial charge in [-0.15, -0.1) is 0 Å². The first-order valence-corrected chi connectivity index (χ1v) is 7.64. The van der Waals surface area contributed by atoms with Crippen LogP contribution in [0.15, 0.2) is 42.5 Å². The van der Waals surface area contributed by atoms with E-state index in [4.69, 9.17) is 4.74 Å². The first kappa shape index (κ1) is 15.2. The lowest BCUT2D eigenvalue weighted by Gasteiger charge is -2.05. The molecule has 4 nitrogen and oxygen atoms in total. The summed E-state index contributed by atoms with van der Waals surface area (Å²) in [7, 11) is 0. The number of H-pyrrole nitrogens is 1. The van der Waals surface area contributed by atoms with Gasteiger partial charge < -0.3 is 14.8 Å². The minimum absolute atomic E-state index is 0.0289. The Hall–Kier alpha value is -2.75. The molecule has 0 saturated heterocycles. The molecule has 0 bridgehead atoms. The van der Waals surface area contributed by atoms with Crippen molar-refractivity contribution in [2.75, 3.05) is 6.61 Å². The molecule has 2 N–H and O–H groups in total. The van der Waals surface area contributed by atoms with Crippen LogP contribution < -0.4 is 4.74 Å². The second kappa shape index (κ2) is 6.16. The highest BCUT2D eigenvalue weighted by molar-refractivity contribution is 5.94. The van der Waals surface area contributed by atoms with E-state index in [1.807, 2.05) is 50.2 Å². The average molecular weight is 309 g/mol. The summed E-state index contributed by atoms with van der Waals surface area (Å²) in [6.45, 7) is 4.53. The molecule has 2 aromatic carbocycles. The number of hydrogen-bond acceptors (Lipinski definition) is 2. The summed E-state index contributed by atoms with van der Waals surface area (Å²) in [5.41, 5.74) is 4.70. The Morgan fingerprint density at radius 3 is 2.74 bits per heavy atom. The fourth-order valence-corrected chi connectivity index (χ4v) is 2.87. The molecule has 0 unspecified atom stereocenters. The highest BCUT2D eigenvalue weighted by atomic mass is 16.5. The molecule has 0 saturated carbocycles. The van der Waals surface area contributed by atoms with E-state index in [-0.39, 0.29) is 6.42 Å². The van der Waals surface area contributed by atoms with Gasteiger partial charge >= 0.3 is 5.97 Å². The van der Waals surface area contributed by atoms with Gasteiger partial charge in [0.05, 0.1) is 18.7 Å². The fraction of sp³-hybridized carbons (Fsp3) is 0.211. The maximum Gasteiger partial charge on any atom is 0.307 e. The summed E-state index contributed by atoms with van der Waals surface area (Å²) in [5, 5.41) is 10.2. The van der Waals surface area contributed by atoms with Crippen LogP contribution in [0.3, 0.4) is 0 Å². The maximum absolute atomic E-state index is 11.3. The molecule has 0 aliphatic rings. The largest absolute Gasteiger partial charge is 0.494 e. The molecule has 3 aromatic rings. The van der Waals surface area contributed by atoms with Crippen molar-refractivity contribution in [2.45, 2.75) is 20.3 Å². The van der Waals surface area contributed by atoms with E-state index < -0.39 is 5.97 Å². The Morgan fingerprint density at radius 1 is 1.22 bits per heavy atom. The lowest BCUT2D eigenvalue weighted by molar-refractivity contribution is -0.136. The van der Waals surface area contributed by atoms with Crippen molar-refractivity contribution in [3.05, 3.63) is 53.6 Å². The molecular formula is C19H19NO3. The van der Waals surface area contributed by atoms with Gasteiger partial charge in [0, 0.05) is 10.9 Å². The number of carboxylic acid groups (broad SMARTS) is 1. The SMILES string of the molecule is CCOc1ccc2[nH]c(-c3cccc(C)c3)c(CC(=O)O)c2c1. The number of nitrogens with one attached hydrogen (secondary N) is 1. The molecule has 1 aromatic heterocycles. The minimum atomic E-state index is -0.846. The van der Waals surface area contributed by atoms with Crippen LogP contribution in [0.25, 0.3) is 22.2 Å². The second-order valence-corrected chi connectivity index (χ2v) is 5.56. The van der Waals surface area contributed by atoms with Gasteiger partial charge in [0.15, 0.2) is 0 Å². The number of carbonyl (C=O) groups is 1. The summed E-state index contributed by atoms with van der Waals surface area (Å²) in [4.78, 5) is 14.7. The first-order chi connectivity index (χ1) is 11.1. The van der Waals surface area contributed by atoms with Crippen LogP contribution in [0.1, 0.15) is 18.1 Å². The Morgan fingerprint density at radius 2 is 2.04 bits per heavy atom. The number of benzene rings is 2. The second-order valence-electron chi connectivity index (χ2n) is 5.56. The molecule has 0 amide bonds. The van der Waals surface area contributed by atoms with Crippen LogP contribution in [0.4, 0.5) is 0 Å². The zero-order valence-corrected chi connectivity index (χ0v) is 13.2. The number of aromatic amines is 1. The van der Waals surface area contributed by atoms with Gasteiger partial charge in [-0.3, -0.25) is 4.79 Å². The molecular weight excluding hydrogens is 290 g/mol. The van der Waals surface area contributed by atoms with Gasteiger partial charge in [0.2, 0.25) is 0 Å². The predicted octanol–water partition coefficient (Wildman–Crippen LogP) is 4.17. The van der Waals surface area contributed by atoms with Crippen molar-refractivity contribution in [1.82, 2.24) is 4.98 Å². The number of hydrogen-bond donors (Lipinski definition) is 2. The highest BCUT2D eigenvalue weighted by Gasteiger charge is 2.16. The number of carboxylic acids is 1. The summed E-state index contributed by atoms with van der Waals surface area (Å²) in [5.74, 6) is -0.0944. The van der Waals surface area contributed by atoms with Crippen molar-refractivity contribution >= 4 is 16.9 Å². The molecule has 0 radical (unpaired) electrons. The third-order valence-electron chi connectivity index (χ3n) is 3.82. The summed E-state index contributed by atoms with van der Waals surface area (Å²) >= 11 is 0. The van der Waals surface area contributed by atoms with E-state index in [1.54, 1.807) is 0 Å². The number of aliphatic carboxylic acids is 1. The van der Waals surface area contributed by atoms with E-state index in [9.17, 15) is 9.90 Å². The highest BCUT2D eigenvalue weighted by Crippen LogP contribution is 2.33. The van der Waals surface area contributed by atoms with E-state index in [0.29, 0.717) is 6.61 Å². The molecule has 0 atom stereocenters. The summed E-state index contributed by atoms with van der Waals surface area (Å²) in [6, 6.07) is 13.8. The van der Waals surface area contributed by atoms with Crippen LogP contribution in [-0.2, 0) is 11.2 Å². The molecule has 23 heavy (non-hydrogen) atoms. The van der Waals surface area contributed by atoms with E-state index in [2.05, 4.69) is 11.1 Å². The third kappa shape index (κ3) is 3.06. The van der Waals surface area contributed by atoms with Crippen molar-refractivity contribution < 1.29 is 14.6 Å². The molecule has 1 heterocycles. The summed E-state index contributed by atoms with van der Waals surface area (Å²) in [6.07, 6.45) is -0.0289. The predicted molar refractivity (Wildman–Crippen MR) is 91.0 cm³/mol. The maximum atomic E-state index is 11.3. The number of aryl methyl sites for hydroxylation is 1. The molecule has 0 aliphatic heterocycles. The van der Waals surface area contributed by atoms with Gasteiger partial charge in [0.1, 0.15) is 5.75 Å². The zero-order valence-electron chi connectivity index (χ0n) is 13.2. The first-order valence-electron chi connectivity index (χ1n) is 7.64. The molecule has 118 valence electrons. The third-order valence-corrected chi connectivity index (χ3v) is 3.82. The van der Waals surface area contributed by atoms with Crippen molar-refractivity contribution in [3.63, 3.8) is 0 Å². The van der Waals surface area contributed by atoms with Crippen LogP contribution in [-0.4, -0.2) is 22.7 Å². The van der Waals surface area contributed by atoms with E-state index in [1.165, 1.54) is 0 Å². The number of aromatic nitrogens is 1. The lowest BCUT2D eigenvalue weighted by atomic mass is 10.0. The van der Waals surface area contributed by atoms with Crippen molar-refractivity contribution in [2.24, 2.45) is 0 Å². The van der Waals surface area contributed by atoms with Gasteiger partial charge in [-0.2, -0.15) is 0 Å². The smallest absolute Gasteiger partial charge is 0.307 e. The molecule has 0 spiro atoms. The van der Waals surface area contributed by atoms with Crippen molar-refractivity contribution in [1.29, 1.82) is 0 Å². The molecule has 3 rings (SSSR count). The van der Waals surface area contributed by atoms with E-state index in [0.717, 1.165) is 39.0 Å². The van der Waals surface area contributed by atoms with Crippen LogP contribution in [0.5, 0.6) is 5.75 Å². The topological polar surface area (TPSA) is 62.3 Å². The normalized spacial score (nSPS) is 10.9. The number of fused-ring (bicyclic) bond motifs is 1. The van der Waals surface area contributed by atoms with Gasteiger partial charge in [-0.1, -0.05) is 23.8 Å². The van der Waals surface area contributed by atoms with Gasteiger partial charge in [-0.05, 0) is 49.2 Å². The Kier molecular flexibility index (Phi) is 4.06. The Balaban J connectivity index is 2.21. The minimum Gasteiger partial charge on any atom is -0.494 e. The molecule has 0 aliphatic carbocycles. The monoisotopic (exact) mass is 309 g/mol. The van der Waals surface area contributed by atoms with Crippen LogP contribution in [0, 0.1) is 6.92 Å².